The number of ether oxygens (including phenoxy) is 2. The number of piperidine rings is 1. The molecule has 1 aromatic carbocycles. The van der Waals surface area contributed by atoms with Gasteiger partial charge in [0, 0.05) is 48.8 Å². The SMILES string of the molecule is CC(=O)c1c(C)c2cnc(Nc3ccc(N4CCC(C(F)(F)c5ccc(COC6CCCCO6)cc5)CC4)cn3)nc2n(C2CCCC2)c1=O. The largest absolute Gasteiger partial charge is 0.370 e. The monoisotopic (exact) mass is 686 g/mol. The van der Waals surface area contributed by atoms with Crippen LogP contribution in [-0.4, -0.2) is 51.3 Å². The number of anilines is 3. The van der Waals surface area contributed by atoms with E-state index in [-0.39, 0.29) is 34.8 Å². The first-order chi connectivity index (χ1) is 24.2. The van der Waals surface area contributed by atoms with Crippen LogP contribution in [0.25, 0.3) is 11.0 Å². The average Bonchev–Trinajstić information content (AvgIpc) is 3.66. The van der Waals surface area contributed by atoms with Gasteiger partial charge in [-0.05, 0) is 82.1 Å². The van der Waals surface area contributed by atoms with Gasteiger partial charge in [0.1, 0.15) is 11.5 Å². The Morgan fingerprint density at radius 1 is 0.980 bits per heavy atom. The fourth-order valence-corrected chi connectivity index (χ4v) is 7.66. The molecule has 0 radical (unpaired) electrons. The fourth-order valence-electron chi connectivity index (χ4n) is 7.66. The van der Waals surface area contributed by atoms with Crippen LogP contribution < -0.4 is 15.8 Å². The van der Waals surface area contributed by atoms with Crippen LogP contribution in [0, 0.1) is 12.8 Å². The zero-order valence-electron chi connectivity index (χ0n) is 28.7. The summed E-state index contributed by atoms with van der Waals surface area (Å²) in [5.74, 6) is -3.14. The van der Waals surface area contributed by atoms with Crippen molar-refractivity contribution in [3.63, 3.8) is 0 Å². The summed E-state index contributed by atoms with van der Waals surface area (Å²) in [7, 11) is 0. The number of hydrogen-bond acceptors (Lipinski definition) is 9. The van der Waals surface area contributed by atoms with Crippen molar-refractivity contribution >= 4 is 34.3 Å². The lowest BCUT2D eigenvalue weighted by atomic mass is 9.86. The molecule has 0 amide bonds. The Balaban J connectivity index is 0.985. The van der Waals surface area contributed by atoms with Gasteiger partial charge in [-0.1, -0.05) is 37.1 Å². The summed E-state index contributed by atoms with van der Waals surface area (Å²) in [5.41, 5.74) is 2.74. The number of aryl methyl sites for hydroxylation is 1. The Labute approximate surface area is 290 Å². The molecule has 1 saturated carbocycles. The maximum Gasteiger partial charge on any atom is 0.276 e. The zero-order valence-corrected chi connectivity index (χ0v) is 28.7. The van der Waals surface area contributed by atoms with Crippen LogP contribution in [0.5, 0.6) is 0 Å². The van der Waals surface area contributed by atoms with E-state index in [2.05, 4.69) is 20.2 Å². The first kappa shape index (κ1) is 34.2. The number of nitrogens with one attached hydrogen (secondary N) is 1. The van der Waals surface area contributed by atoms with Gasteiger partial charge in [0.15, 0.2) is 12.1 Å². The summed E-state index contributed by atoms with van der Waals surface area (Å²) in [6, 6.07) is 10.2. The van der Waals surface area contributed by atoms with E-state index in [1.54, 1.807) is 36.0 Å². The van der Waals surface area contributed by atoms with Crippen LogP contribution in [0.4, 0.5) is 26.2 Å². The topological polar surface area (TPSA) is 111 Å². The number of carbonyl (C=O) groups excluding carboxylic acids is 1. The molecule has 1 aliphatic carbocycles. The molecule has 2 aliphatic heterocycles. The lowest BCUT2D eigenvalue weighted by Crippen LogP contribution is -2.39. The molecule has 3 aliphatic rings. The second-order valence-electron chi connectivity index (χ2n) is 13.8. The number of ketones is 1. The summed E-state index contributed by atoms with van der Waals surface area (Å²) < 4.78 is 44.3. The van der Waals surface area contributed by atoms with E-state index >= 15 is 8.78 Å². The number of benzene rings is 1. The van der Waals surface area contributed by atoms with Gasteiger partial charge in [-0.2, -0.15) is 4.98 Å². The number of halogens is 2. The summed E-state index contributed by atoms with van der Waals surface area (Å²) in [6.07, 6.45) is 10.6. The van der Waals surface area contributed by atoms with E-state index in [1.807, 2.05) is 12.1 Å². The summed E-state index contributed by atoms with van der Waals surface area (Å²) in [6.45, 7) is 5.23. The molecule has 7 rings (SSSR count). The van der Waals surface area contributed by atoms with Gasteiger partial charge >= 0.3 is 0 Å². The minimum atomic E-state index is -2.93. The summed E-state index contributed by atoms with van der Waals surface area (Å²) in [4.78, 5) is 41.8. The van der Waals surface area contributed by atoms with Gasteiger partial charge in [0.2, 0.25) is 5.95 Å². The normalized spacial score (nSPS) is 19.3. The highest BCUT2D eigenvalue weighted by Gasteiger charge is 2.42. The third-order valence-corrected chi connectivity index (χ3v) is 10.5. The molecule has 5 heterocycles. The van der Waals surface area contributed by atoms with E-state index in [1.165, 1.54) is 19.1 Å². The van der Waals surface area contributed by atoms with Crippen molar-refractivity contribution in [3.8, 4) is 0 Å². The van der Waals surface area contributed by atoms with Crippen LogP contribution in [-0.2, 0) is 22.0 Å². The summed E-state index contributed by atoms with van der Waals surface area (Å²) in [5, 5.41) is 3.82. The number of nitrogens with zero attached hydrogens (tertiary/aromatic N) is 5. The number of fused-ring (bicyclic) bond motifs is 1. The molecular weight excluding hydrogens is 642 g/mol. The van der Waals surface area contributed by atoms with E-state index in [9.17, 15) is 9.59 Å². The zero-order chi connectivity index (χ0) is 34.8. The van der Waals surface area contributed by atoms with Crippen LogP contribution in [0.15, 0.2) is 53.6 Å². The molecule has 3 aromatic heterocycles. The van der Waals surface area contributed by atoms with E-state index in [0.29, 0.717) is 67.5 Å². The van der Waals surface area contributed by atoms with Crippen molar-refractivity contribution in [1.29, 1.82) is 0 Å². The van der Waals surface area contributed by atoms with Crippen molar-refractivity contribution in [2.24, 2.45) is 5.92 Å². The van der Waals surface area contributed by atoms with Gasteiger partial charge in [-0.25, -0.2) is 18.7 Å². The Kier molecular flexibility index (Phi) is 9.92. The van der Waals surface area contributed by atoms with Crippen molar-refractivity contribution in [2.45, 2.75) is 96.5 Å². The van der Waals surface area contributed by atoms with Crippen LogP contribution >= 0.6 is 0 Å². The first-order valence-electron chi connectivity index (χ1n) is 17.8. The number of hydrogen-bond donors (Lipinski definition) is 1. The van der Waals surface area contributed by atoms with Crippen LogP contribution in [0.1, 0.15) is 97.8 Å². The highest BCUT2D eigenvalue weighted by molar-refractivity contribution is 5.99. The standard InChI is InChI=1S/C38H44F2N6O4/c1-24-31-22-42-37(44-35(31)46(29-7-3-4-8-29)36(48)34(24)25(2)47)43-32-15-14-30(21-41-32)45-18-16-28(17-19-45)38(39,40)27-12-10-26(11-13-27)23-50-33-9-5-6-20-49-33/h10-15,21-22,28-29,33H,3-9,16-20,23H2,1-2H3,(H,41,42,43,44). The van der Waals surface area contributed by atoms with Gasteiger partial charge in [-0.3, -0.25) is 14.2 Å². The Morgan fingerprint density at radius 2 is 1.72 bits per heavy atom. The molecule has 1 N–H and O–H groups in total. The molecule has 10 nitrogen and oxygen atoms in total. The third kappa shape index (κ3) is 7.00. The summed E-state index contributed by atoms with van der Waals surface area (Å²) >= 11 is 0. The van der Waals surface area contributed by atoms with E-state index in [0.717, 1.165) is 56.2 Å². The second kappa shape index (κ2) is 14.5. The molecule has 1 unspecified atom stereocenters. The molecule has 3 fully saturated rings. The molecule has 0 spiro atoms. The van der Waals surface area contributed by atoms with Gasteiger partial charge in [0.05, 0.1) is 24.1 Å². The Hall–Kier alpha value is -4.29. The van der Waals surface area contributed by atoms with Crippen molar-refractivity contribution in [1.82, 2.24) is 19.5 Å². The fraction of sp³-hybridized carbons (Fsp3) is 0.500. The molecule has 1 atom stereocenters. The van der Waals surface area contributed by atoms with Crippen molar-refractivity contribution < 1.29 is 23.0 Å². The van der Waals surface area contributed by atoms with Gasteiger partial charge in [0.25, 0.3) is 11.5 Å². The van der Waals surface area contributed by atoms with Crippen molar-refractivity contribution in [2.75, 3.05) is 29.9 Å². The average molecular weight is 687 g/mol. The first-order valence-corrected chi connectivity index (χ1v) is 17.8. The minimum Gasteiger partial charge on any atom is -0.370 e. The molecule has 0 bridgehead atoms. The molecular formula is C38H44F2N6O4. The molecule has 50 heavy (non-hydrogen) atoms. The maximum atomic E-state index is 15.6. The smallest absolute Gasteiger partial charge is 0.276 e. The van der Waals surface area contributed by atoms with E-state index in [4.69, 9.17) is 14.5 Å². The maximum absolute atomic E-state index is 15.6. The van der Waals surface area contributed by atoms with Gasteiger partial charge in [-0.15, -0.1) is 0 Å². The number of pyridine rings is 2. The minimum absolute atomic E-state index is 0.0137. The van der Waals surface area contributed by atoms with Crippen LogP contribution in [0.2, 0.25) is 0 Å². The number of Topliss-reactive ketones (excluding diaryl/α,β-unsaturated/α-hetero) is 1. The molecule has 2 saturated heterocycles. The second-order valence-corrected chi connectivity index (χ2v) is 13.8. The predicted octanol–water partition coefficient (Wildman–Crippen LogP) is 7.61. The number of aromatic nitrogens is 4. The number of carbonyl (C=O) groups is 1. The van der Waals surface area contributed by atoms with E-state index < -0.39 is 11.8 Å². The third-order valence-electron chi connectivity index (χ3n) is 10.5. The molecule has 4 aromatic rings. The number of rotatable bonds is 10. The Morgan fingerprint density at radius 3 is 2.38 bits per heavy atom. The number of alkyl halides is 2. The Bertz CT molecular complexity index is 1880. The highest BCUT2D eigenvalue weighted by atomic mass is 19.3. The lowest BCUT2D eigenvalue weighted by Gasteiger charge is -2.37. The van der Waals surface area contributed by atoms with Crippen molar-refractivity contribution in [3.05, 3.63) is 81.4 Å². The quantitative estimate of drug-likeness (QED) is 0.169. The van der Waals surface area contributed by atoms with Crippen LogP contribution in [0.3, 0.4) is 0 Å². The predicted molar refractivity (Wildman–Crippen MR) is 187 cm³/mol. The molecule has 12 heteroatoms. The lowest BCUT2D eigenvalue weighted by molar-refractivity contribution is -0.168. The van der Waals surface area contributed by atoms with Gasteiger partial charge < -0.3 is 19.7 Å². The molecule has 264 valence electrons. The highest BCUT2D eigenvalue weighted by Crippen LogP contribution is 2.42.